The number of non-ortho nitro benzene ring substituents is 1. The van der Waals surface area contributed by atoms with Gasteiger partial charge < -0.3 is 4.57 Å². The molecular formula is C22H23N3O2. The molecule has 1 aliphatic rings. The highest BCUT2D eigenvalue weighted by Gasteiger charge is 2.28. The molecular weight excluding hydrogens is 338 g/mol. The van der Waals surface area contributed by atoms with Crippen molar-refractivity contribution >= 4 is 5.69 Å². The van der Waals surface area contributed by atoms with Gasteiger partial charge >= 0.3 is 0 Å². The van der Waals surface area contributed by atoms with Crippen molar-refractivity contribution in [1.82, 2.24) is 9.47 Å². The minimum Gasteiger partial charge on any atom is -0.350 e. The Kier molecular flexibility index (Phi) is 4.77. The zero-order valence-electron chi connectivity index (χ0n) is 15.4. The number of nitro benzene ring substituents is 1. The van der Waals surface area contributed by atoms with Crippen LogP contribution in [0.5, 0.6) is 0 Å². The van der Waals surface area contributed by atoms with Crippen molar-refractivity contribution in [1.29, 1.82) is 0 Å². The first-order valence-corrected chi connectivity index (χ1v) is 9.31. The summed E-state index contributed by atoms with van der Waals surface area (Å²) >= 11 is 0. The van der Waals surface area contributed by atoms with Crippen LogP contribution in [0.3, 0.4) is 0 Å². The predicted octanol–water partition coefficient (Wildman–Crippen LogP) is 4.70. The topological polar surface area (TPSA) is 51.3 Å². The van der Waals surface area contributed by atoms with Crippen LogP contribution in [0.4, 0.5) is 5.69 Å². The van der Waals surface area contributed by atoms with E-state index in [1.165, 1.54) is 16.8 Å². The summed E-state index contributed by atoms with van der Waals surface area (Å²) in [6.45, 7) is 4.83. The zero-order valence-corrected chi connectivity index (χ0v) is 15.4. The first kappa shape index (κ1) is 17.5. The average molecular weight is 361 g/mol. The Labute approximate surface area is 159 Å². The number of nitro groups is 1. The van der Waals surface area contributed by atoms with Crippen molar-refractivity contribution in [2.45, 2.75) is 32.5 Å². The predicted molar refractivity (Wildman–Crippen MR) is 106 cm³/mol. The van der Waals surface area contributed by atoms with Gasteiger partial charge in [0, 0.05) is 43.7 Å². The fourth-order valence-electron chi connectivity index (χ4n) is 3.93. The minimum absolute atomic E-state index is 0.00343. The van der Waals surface area contributed by atoms with Crippen LogP contribution in [0, 0.1) is 17.0 Å². The molecule has 0 aliphatic carbocycles. The molecule has 0 radical (unpaired) electrons. The van der Waals surface area contributed by atoms with Crippen LogP contribution in [0.2, 0.25) is 0 Å². The molecule has 0 spiro atoms. The minimum atomic E-state index is -0.316. The van der Waals surface area contributed by atoms with E-state index >= 15 is 0 Å². The zero-order chi connectivity index (χ0) is 18.8. The molecule has 1 aliphatic heterocycles. The molecule has 2 heterocycles. The van der Waals surface area contributed by atoms with Gasteiger partial charge in [0.1, 0.15) is 0 Å². The summed E-state index contributed by atoms with van der Waals surface area (Å²) in [6.07, 6.45) is 3.16. The molecule has 138 valence electrons. The molecule has 5 heteroatoms. The summed E-state index contributed by atoms with van der Waals surface area (Å²) in [5.41, 5.74) is 4.82. The summed E-state index contributed by atoms with van der Waals surface area (Å²) in [4.78, 5) is 13.4. The quantitative estimate of drug-likeness (QED) is 0.500. The average Bonchev–Trinajstić information content (AvgIpc) is 3.05. The van der Waals surface area contributed by atoms with Gasteiger partial charge in [-0.3, -0.25) is 15.0 Å². The summed E-state index contributed by atoms with van der Waals surface area (Å²) in [5.74, 6) is 0. The Hall–Kier alpha value is -2.92. The van der Waals surface area contributed by atoms with Crippen LogP contribution in [0.25, 0.3) is 0 Å². The van der Waals surface area contributed by atoms with Gasteiger partial charge in [-0.15, -0.1) is 0 Å². The molecule has 0 saturated heterocycles. The SMILES string of the molecule is Cc1ccc(CN2CCCn3cccc3[C@@H]2c2cccc([N+](=O)[O-])c2)cc1. The number of hydrogen-bond acceptors (Lipinski definition) is 3. The van der Waals surface area contributed by atoms with Crippen LogP contribution >= 0.6 is 0 Å². The molecule has 0 unspecified atom stereocenters. The molecule has 3 aromatic rings. The maximum atomic E-state index is 11.3. The first-order chi connectivity index (χ1) is 13.1. The molecule has 2 aromatic carbocycles. The fourth-order valence-corrected chi connectivity index (χ4v) is 3.93. The van der Waals surface area contributed by atoms with Gasteiger partial charge in [-0.1, -0.05) is 42.0 Å². The van der Waals surface area contributed by atoms with Crippen LogP contribution in [-0.4, -0.2) is 20.9 Å². The Balaban J connectivity index is 1.75. The van der Waals surface area contributed by atoms with Crippen molar-refractivity contribution in [3.05, 3.63) is 99.4 Å². The third-order valence-electron chi connectivity index (χ3n) is 5.26. The molecule has 27 heavy (non-hydrogen) atoms. The fraction of sp³-hybridized carbons (Fsp3) is 0.273. The second-order valence-electron chi connectivity index (χ2n) is 7.19. The number of fused-ring (bicyclic) bond motifs is 1. The van der Waals surface area contributed by atoms with E-state index < -0.39 is 0 Å². The molecule has 0 N–H and O–H groups in total. The van der Waals surface area contributed by atoms with Gasteiger partial charge in [-0.2, -0.15) is 0 Å². The van der Waals surface area contributed by atoms with Crippen molar-refractivity contribution < 1.29 is 4.92 Å². The van der Waals surface area contributed by atoms with Crippen LogP contribution < -0.4 is 0 Å². The van der Waals surface area contributed by atoms with Crippen molar-refractivity contribution in [3.8, 4) is 0 Å². The molecule has 0 saturated carbocycles. The van der Waals surface area contributed by atoms with Gasteiger partial charge in [0.05, 0.1) is 11.0 Å². The Morgan fingerprint density at radius 1 is 1.07 bits per heavy atom. The van der Waals surface area contributed by atoms with E-state index in [4.69, 9.17) is 0 Å². The van der Waals surface area contributed by atoms with E-state index in [9.17, 15) is 10.1 Å². The maximum Gasteiger partial charge on any atom is 0.269 e. The molecule has 4 rings (SSSR count). The summed E-state index contributed by atoms with van der Waals surface area (Å²) in [5, 5.41) is 11.3. The summed E-state index contributed by atoms with van der Waals surface area (Å²) < 4.78 is 2.28. The molecule has 1 aromatic heterocycles. The van der Waals surface area contributed by atoms with E-state index in [-0.39, 0.29) is 16.7 Å². The van der Waals surface area contributed by atoms with Crippen LogP contribution in [0.1, 0.15) is 34.8 Å². The standard InChI is InChI=1S/C22H23N3O2/c1-17-8-10-18(11-9-17)16-24-14-4-13-23-12-3-7-21(23)22(24)19-5-2-6-20(15-19)25(26)27/h2-3,5-12,15,22H,4,13-14,16H2,1H3/t22-/m0/s1. The number of hydrogen-bond donors (Lipinski definition) is 0. The number of aryl methyl sites for hydroxylation is 2. The third kappa shape index (κ3) is 3.64. The van der Waals surface area contributed by atoms with Gasteiger partial charge in [0.2, 0.25) is 0 Å². The molecule has 1 atom stereocenters. The molecule has 0 fully saturated rings. The van der Waals surface area contributed by atoms with Gasteiger partial charge in [-0.25, -0.2) is 0 Å². The second kappa shape index (κ2) is 7.37. The number of benzene rings is 2. The van der Waals surface area contributed by atoms with Gasteiger partial charge in [0.25, 0.3) is 5.69 Å². The number of rotatable bonds is 4. The van der Waals surface area contributed by atoms with E-state index in [0.29, 0.717) is 0 Å². The van der Waals surface area contributed by atoms with Gasteiger partial charge in [-0.05, 0) is 36.6 Å². The van der Waals surface area contributed by atoms with Crippen LogP contribution in [-0.2, 0) is 13.1 Å². The molecule has 0 bridgehead atoms. The van der Waals surface area contributed by atoms with Crippen LogP contribution in [0.15, 0.2) is 66.9 Å². The largest absolute Gasteiger partial charge is 0.350 e. The lowest BCUT2D eigenvalue weighted by atomic mass is 10.00. The first-order valence-electron chi connectivity index (χ1n) is 9.31. The summed E-state index contributed by atoms with van der Waals surface area (Å²) in [7, 11) is 0. The van der Waals surface area contributed by atoms with Crippen molar-refractivity contribution in [2.75, 3.05) is 6.54 Å². The Morgan fingerprint density at radius 3 is 2.67 bits per heavy atom. The Bertz CT molecular complexity index is 946. The summed E-state index contributed by atoms with van der Waals surface area (Å²) in [6, 6.07) is 19.9. The lowest BCUT2D eigenvalue weighted by Crippen LogP contribution is -2.29. The monoisotopic (exact) mass is 361 g/mol. The van der Waals surface area contributed by atoms with Gasteiger partial charge in [0.15, 0.2) is 0 Å². The maximum absolute atomic E-state index is 11.3. The van der Waals surface area contributed by atoms with E-state index in [1.807, 2.05) is 6.07 Å². The number of aromatic nitrogens is 1. The molecule has 0 amide bonds. The Morgan fingerprint density at radius 2 is 1.89 bits per heavy atom. The smallest absolute Gasteiger partial charge is 0.269 e. The number of nitrogens with zero attached hydrogens (tertiary/aromatic N) is 3. The van der Waals surface area contributed by atoms with E-state index in [1.54, 1.807) is 18.2 Å². The van der Waals surface area contributed by atoms with E-state index in [0.717, 1.165) is 31.6 Å². The second-order valence-corrected chi connectivity index (χ2v) is 7.19. The highest BCUT2D eigenvalue weighted by Crippen LogP contribution is 2.34. The highest BCUT2D eigenvalue weighted by atomic mass is 16.6. The lowest BCUT2D eigenvalue weighted by molar-refractivity contribution is -0.384. The lowest BCUT2D eigenvalue weighted by Gasteiger charge is -2.30. The van der Waals surface area contributed by atoms with Crippen molar-refractivity contribution in [3.63, 3.8) is 0 Å². The van der Waals surface area contributed by atoms with Crippen molar-refractivity contribution in [2.24, 2.45) is 0 Å². The normalized spacial score (nSPS) is 17.3. The molecule has 5 nitrogen and oxygen atoms in total. The van der Waals surface area contributed by atoms with E-state index in [2.05, 4.69) is 59.0 Å². The highest BCUT2D eigenvalue weighted by molar-refractivity contribution is 5.39. The third-order valence-corrected chi connectivity index (χ3v) is 5.26.